The summed E-state index contributed by atoms with van der Waals surface area (Å²) >= 11 is 3.43. The molecule has 1 amide bonds. The van der Waals surface area contributed by atoms with Gasteiger partial charge in [-0.15, -0.1) is 23.1 Å². The number of rotatable bonds is 3. The van der Waals surface area contributed by atoms with E-state index >= 15 is 0 Å². The van der Waals surface area contributed by atoms with Gasteiger partial charge in [0.25, 0.3) is 5.91 Å². The van der Waals surface area contributed by atoms with Crippen molar-refractivity contribution in [3.05, 3.63) is 86.0 Å². The molecule has 1 fully saturated rings. The predicted octanol–water partition coefficient (Wildman–Crippen LogP) is 3.18. The van der Waals surface area contributed by atoms with E-state index in [-0.39, 0.29) is 37.2 Å². The van der Waals surface area contributed by atoms with Crippen LogP contribution in [0.3, 0.4) is 0 Å². The first-order chi connectivity index (χ1) is 17.0. The maximum atomic E-state index is 13.2. The standard InChI is InChI=1S/C24H21N3O6S2/c28-15-5-7-25-17(9-15)18(10-33-24(30)31)26-20(11-32-12-21(26)29)27(25)22-16-4-2-1-3-14(16)13-35-19-6-8-34-23(19)22/h1-9,18,20,22H,10-13H2,(H,30,31)/t18?,20-,22+/m1/s1. The number of carbonyl (C=O) groups excluding carboxylic acids is 1. The van der Waals surface area contributed by atoms with Crippen LogP contribution in [0.5, 0.6) is 0 Å². The molecule has 6 rings (SSSR count). The van der Waals surface area contributed by atoms with Crippen molar-refractivity contribution in [1.82, 2.24) is 9.58 Å². The number of carboxylic acid groups (broad SMARTS) is 1. The molecule has 2 aromatic heterocycles. The second-order valence-corrected chi connectivity index (χ2v) is 10.4. The lowest BCUT2D eigenvalue weighted by Gasteiger charge is -2.54. The fraction of sp³-hybridized carbons (Fsp3) is 0.292. The van der Waals surface area contributed by atoms with Gasteiger partial charge in [-0.2, -0.15) is 0 Å². The molecule has 3 aliphatic rings. The average Bonchev–Trinajstić information content (AvgIpc) is 3.25. The van der Waals surface area contributed by atoms with E-state index in [9.17, 15) is 14.4 Å². The van der Waals surface area contributed by atoms with Crippen molar-refractivity contribution in [3.8, 4) is 0 Å². The molecule has 35 heavy (non-hydrogen) atoms. The molecule has 1 saturated heterocycles. The van der Waals surface area contributed by atoms with E-state index in [2.05, 4.69) is 28.6 Å². The summed E-state index contributed by atoms with van der Waals surface area (Å²) in [5.74, 6) is 0.538. The molecule has 0 radical (unpaired) electrons. The minimum Gasteiger partial charge on any atom is -0.450 e. The molecule has 9 nitrogen and oxygen atoms in total. The lowest BCUT2D eigenvalue weighted by atomic mass is 9.97. The van der Waals surface area contributed by atoms with Crippen molar-refractivity contribution >= 4 is 35.2 Å². The van der Waals surface area contributed by atoms with Crippen LogP contribution < -0.4 is 10.4 Å². The molecule has 5 heterocycles. The van der Waals surface area contributed by atoms with Gasteiger partial charge in [-0.3, -0.25) is 19.3 Å². The number of ether oxygens (including phenoxy) is 2. The highest BCUT2D eigenvalue weighted by Gasteiger charge is 2.48. The summed E-state index contributed by atoms with van der Waals surface area (Å²) in [5, 5.41) is 13.3. The van der Waals surface area contributed by atoms with Crippen molar-refractivity contribution in [2.75, 3.05) is 24.8 Å². The number of benzene rings is 1. The minimum atomic E-state index is -1.44. The van der Waals surface area contributed by atoms with Crippen molar-refractivity contribution in [2.24, 2.45) is 0 Å². The largest absolute Gasteiger partial charge is 0.505 e. The zero-order valence-electron chi connectivity index (χ0n) is 18.4. The molecular weight excluding hydrogens is 490 g/mol. The van der Waals surface area contributed by atoms with Crippen molar-refractivity contribution in [2.45, 2.75) is 28.9 Å². The van der Waals surface area contributed by atoms with Gasteiger partial charge in [0.1, 0.15) is 31.5 Å². The van der Waals surface area contributed by atoms with E-state index in [1.807, 2.05) is 16.8 Å². The van der Waals surface area contributed by atoms with Crippen LogP contribution in [0.15, 0.2) is 63.7 Å². The van der Waals surface area contributed by atoms with Gasteiger partial charge in [0.2, 0.25) is 0 Å². The topological polar surface area (TPSA) is 101 Å². The van der Waals surface area contributed by atoms with Gasteiger partial charge in [0, 0.05) is 33.9 Å². The van der Waals surface area contributed by atoms with Crippen LogP contribution in [0.4, 0.5) is 4.79 Å². The van der Waals surface area contributed by atoms with Crippen LogP contribution in [0, 0.1) is 0 Å². The summed E-state index contributed by atoms with van der Waals surface area (Å²) in [6.07, 6.45) is -0.285. The predicted molar refractivity (Wildman–Crippen MR) is 129 cm³/mol. The number of hydrogen-bond acceptors (Lipinski definition) is 8. The summed E-state index contributed by atoms with van der Waals surface area (Å²) in [7, 11) is 0. The van der Waals surface area contributed by atoms with Crippen LogP contribution in [0.1, 0.15) is 33.8 Å². The van der Waals surface area contributed by atoms with Crippen LogP contribution in [-0.4, -0.2) is 52.7 Å². The highest BCUT2D eigenvalue weighted by molar-refractivity contribution is 7.98. The second kappa shape index (κ2) is 8.74. The molecule has 0 aliphatic carbocycles. The zero-order chi connectivity index (χ0) is 24.1. The van der Waals surface area contributed by atoms with Crippen molar-refractivity contribution in [3.63, 3.8) is 0 Å². The lowest BCUT2D eigenvalue weighted by molar-refractivity contribution is -0.158. The third-order valence-electron chi connectivity index (χ3n) is 6.54. The molecule has 3 aromatic rings. The Morgan fingerprint density at radius 3 is 2.91 bits per heavy atom. The molecule has 1 unspecified atom stereocenters. The van der Waals surface area contributed by atoms with Gasteiger partial charge in [-0.1, -0.05) is 24.3 Å². The Morgan fingerprint density at radius 2 is 2.06 bits per heavy atom. The van der Waals surface area contributed by atoms with Gasteiger partial charge in [0.15, 0.2) is 5.43 Å². The van der Waals surface area contributed by atoms with Crippen molar-refractivity contribution < 1.29 is 24.2 Å². The Kier molecular flexibility index (Phi) is 5.54. The van der Waals surface area contributed by atoms with Crippen LogP contribution in [0.25, 0.3) is 0 Å². The molecule has 3 atom stereocenters. The number of pyridine rings is 1. The number of fused-ring (bicyclic) bond motifs is 4. The summed E-state index contributed by atoms with van der Waals surface area (Å²) < 4.78 is 12.5. The quantitative estimate of drug-likeness (QED) is 0.535. The van der Waals surface area contributed by atoms with Crippen LogP contribution >= 0.6 is 23.1 Å². The number of aromatic nitrogens is 1. The highest BCUT2D eigenvalue weighted by atomic mass is 32.2. The normalized spacial score (nSPS) is 23.0. The number of thioether (sulfide) groups is 1. The molecule has 11 heteroatoms. The number of carbonyl (C=O) groups is 2. The third-order valence-corrected chi connectivity index (χ3v) is 8.76. The maximum Gasteiger partial charge on any atom is 0.505 e. The molecule has 180 valence electrons. The SMILES string of the molecule is O=C(O)OCC1c2cc(=O)ccn2N([C@H]2c3ccccc3CSc3ccsc32)[C@@H]2COCC(=O)N12. The lowest BCUT2D eigenvalue weighted by Crippen LogP contribution is -2.67. The summed E-state index contributed by atoms with van der Waals surface area (Å²) in [6.45, 7) is -0.171. The van der Waals surface area contributed by atoms with E-state index in [0.717, 1.165) is 16.2 Å². The Hall–Kier alpha value is -3.28. The monoisotopic (exact) mass is 511 g/mol. The van der Waals surface area contributed by atoms with Crippen LogP contribution in [-0.2, 0) is 20.0 Å². The van der Waals surface area contributed by atoms with Gasteiger partial charge < -0.3 is 19.5 Å². The average molecular weight is 512 g/mol. The Labute approximate surface area is 208 Å². The van der Waals surface area contributed by atoms with E-state index in [1.54, 1.807) is 34.2 Å². The van der Waals surface area contributed by atoms with E-state index in [4.69, 9.17) is 14.6 Å². The third kappa shape index (κ3) is 3.70. The maximum absolute atomic E-state index is 13.2. The van der Waals surface area contributed by atoms with Crippen molar-refractivity contribution in [1.29, 1.82) is 0 Å². The first kappa shape index (κ1) is 22.2. The number of amides is 1. The summed E-state index contributed by atoms with van der Waals surface area (Å²) in [4.78, 5) is 40.8. The molecule has 3 aliphatic heterocycles. The highest BCUT2D eigenvalue weighted by Crippen LogP contribution is 2.47. The van der Waals surface area contributed by atoms with E-state index in [1.165, 1.54) is 22.6 Å². The van der Waals surface area contributed by atoms with E-state index in [0.29, 0.717) is 5.69 Å². The Morgan fingerprint density at radius 1 is 1.20 bits per heavy atom. The van der Waals surface area contributed by atoms with E-state index < -0.39 is 18.4 Å². The first-order valence-corrected chi connectivity index (χ1v) is 12.9. The number of hydrogen-bond donors (Lipinski definition) is 1. The second-order valence-electron chi connectivity index (χ2n) is 8.44. The molecular formula is C24H21N3O6S2. The summed E-state index contributed by atoms with van der Waals surface area (Å²) in [5.41, 5.74) is 2.57. The molecule has 0 spiro atoms. The fourth-order valence-electron chi connectivity index (χ4n) is 5.13. The molecule has 0 saturated carbocycles. The number of morpholine rings is 1. The Balaban J connectivity index is 1.59. The van der Waals surface area contributed by atoms with Gasteiger partial charge >= 0.3 is 6.16 Å². The smallest absolute Gasteiger partial charge is 0.450 e. The number of thiophene rings is 1. The first-order valence-electron chi connectivity index (χ1n) is 11.1. The summed E-state index contributed by atoms with van der Waals surface area (Å²) in [6, 6.07) is 12.3. The van der Waals surface area contributed by atoms with Gasteiger partial charge in [0.05, 0.1) is 12.3 Å². The molecule has 1 aromatic carbocycles. The zero-order valence-corrected chi connectivity index (χ0v) is 20.0. The Bertz CT molecular complexity index is 1370. The fourth-order valence-corrected chi connectivity index (χ4v) is 7.42. The van der Waals surface area contributed by atoms with Gasteiger partial charge in [-0.25, -0.2) is 4.79 Å². The molecule has 1 N–H and O–H groups in total. The molecule has 0 bridgehead atoms. The minimum absolute atomic E-state index is 0.119. The van der Waals surface area contributed by atoms with Gasteiger partial charge in [-0.05, 0) is 22.6 Å². The van der Waals surface area contributed by atoms with Crippen LogP contribution in [0.2, 0.25) is 0 Å². The number of nitrogens with zero attached hydrogens (tertiary/aromatic N) is 3.